The summed E-state index contributed by atoms with van der Waals surface area (Å²) in [7, 11) is 0. The molecule has 2 aromatic heterocycles. The average molecular weight is 236 g/mol. The highest BCUT2D eigenvalue weighted by atomic mass is 32.1. The molecule has 82 valence electrons. The van der Waals surface area contributed by atoms with Crippen LogP contribution in [0.15, 0.2) is 28.2 Å². The summed E-state index contributed by atoms with van der Waals surface area (Å²) in [5.41, 5.74) is 0.347. The molecule has 5 nitrogen and oxygen atoms in total. The number of thiazole rings is 1. The number of hydrogen-bond acceptors (Lipinski definition) is 5. The van der Waals surface area contributed by atoms with Crippen molar-refractivity contribution in [1.29, 1.82) is 0 Å². The molecule has 0 bridgehead atoms. The number of Topliss-reactive ketones (excluding diaryl/α,β-unsaturated/α-hetero) is 1. The predicted molar refractivity (Wildman–Crippen MR) is 58.8 cm³/mol. The normalized spacial score (nSPS) is 10.1. The average Bonchev–Trinajstić information content (AvgIpc) is 2.87. The minimum atomic E-state index is -0.380. The fourth-order valence-corrected chi connectivity index (χ4v) is 1.80. The Bertz CT molecular complexity index is 516. The van der Waals surface area contributed by atoms with Crippen LogP contribution < -0.4 is 5.32 Å². The highest BCUT2D eigenvalue weighted by Gasteiger charge is 2.12. The number of carbonyl (C=O) groups is 2. The van der Waals surface area contributed by atoms with Gasteiger partial charge in [0.1, 0.15) is 5.69 Å². The molecule has 0 radical (unpaired) electrons. The van der Waals surface area contributed by atoms with Crippen LogP contribution in [0.5, 0.6) is 0 Å². The van der Waals surface area contributed by atoms with Crippen LogP contribution in [0, 0.1) is 0 Å². The van der Waals surface area contributed by atoms with Crippen molar-refractivity contribution >= 4 is 28.2 Å². The third-order valence-electron chi connectivity index (χ3n) is 1.83. The van der Waals surface area contributed by atoms with Crippen LogP contribution in [0.1, 0.15) is 28.0 Å². The molecule has 0 atom stereocenters. The molecular formula is C10H8N2O3S. The van der Waals surface area contributed by atoms with Crippen molar-refractivity contribution < 1.29 is 14.0 Å². The minimum Gasteiger partial charge on any atom is -0.459 e. The molecule has 0 saturated heterocycles. The van der Waals surface area contributed by atoms with E-state index in [1.165, 1.54) is 24.5 Å². The third kappa shape index (κ3) is 2.17. The first-order chi connectivity index (χ1) is 7.66. The second-order valence-corrected chi connectivity index (χ2v) is 3.88. The van der Waals surface area contributed by atoms with Gasteiger partial charge in [0, 0.05) is 12.3 Å². The summed E-state index contributed by atoms with van der Waals surface area (Å²) in [6, 6.07) is 3.17. The molecule has 1 N–H and O–H groups in total. The monoisotopic (exact) mass is 236 g/mol. The topological polar surface area (TPSA) is 72.2 Å². The van der Waals surface area contributed by atoms with Crippen LogP contribution in [-0.4, -0.2) is 16.7 Å². The van der Waals surface area contributed by atoms with Crippen LogP contribution in [0.2, 0.25) is 0 Å². The maximum absolute atomic E-state index is 11.5. The summed E-state index contributed by atoms with van der Waals surface area (Å²) in [4.78, 5) is 26.5. The van der Waals surface area contributed by atoms with Gasteiger partial charge in [0.15, 0.2) is 16.7 Å². The molecule has 0 aromatic carbocycles. The Morgan fingerprint density at radius 2 is 2.31 bits per heavy atom. The molecule has 0 aliphatic carbocycles. The number of nitrogens with one attached hydrogen (secondary N) is 1. The van der Waals surface area contributed by atoms with E-state index in [2.05, 4.69) is 10.3 Å². The molecule has 16 heavy (non-hydrogen) atoms. The third-order valence-corrected chi connectivity index (χ3v) is 2.59. The zero-order valence-corrected chi connectivity index (χ0v) is 9.21. The van der Waals surface area contributed by atoms with E-state index in [-0.39, 0.29) is 17.5 Å². The fraction of sp³-hybridized carbons (Fsp3) is 0.100. The molecular weight excluding hydrogens is 228 g/mol. The molecule has 0 fully saturated rings. The second kappa shape index (κ2) is 4.28. The lowest BCUT2D eigenvalue weighted by atomic mass is 10.4. The van der Waals surface area contributed by atoms with Gasteiger partial charge in [-0.3, -0.25) is 14.9 Å². The number of hydrogen-bond donors (Lipinski definition) is 1. The molecule has 0 aliphatic rings. The van der Waals surface area contributed by atoms with Gasteiger partial charge in [-0.1, -0.05) is 0 Å². The largest absolute Gasteiger partial charge is 0.459 e. The first-order valence-corrected chi connectivity index (χ1v) is 5.36. The quantitative estimate of drug-likeness (QED) is 0.829. The lowest BCUT2D eigenvalue weighted by Crippen LogP contribution is -2.10. The number of ketones is 1. The Kier molecular flexibility index (Phi) is 2.82. The van der Waals surface area contributed by atoms with E-state index in [0.717, 1.165) is 0 Å². The number of amides is 1. The van der Waals surface area contributed by atoms with E-state index >= 15 is 0 Å². The Balaban J connectivity index is 2.09. The van der Waals surface area contributed by atoms with Crippen molar-refractivity contribution in [3.63, 3.8) is 0 Å². The van der Waals surface area contributed by atoms with E-state index in [1.807, 2.05) is 0 Å². The summed E-state index contributed by atoms with van der Waals surface area (Å²) >= 11 is 1.20. The highest BCUT2D eigenvalue weighted by molar-refractivity contribution is 7.14. The van der Waals surface area contributed by atoms with Crippen LogP contribution >= 0.6 is 11.3 Å². The Morgan fingerprint density at radius 1 is 1.50 bits per heavy atom. The molecule has 0 spiro atoms. The van der Waals surface area contributed by atoms with E-state index in [1.54, 1.807) is 17.5 Å². The number of aromatic nitrogens is 1. The molecule has 0 aliphatic heterocycles. The van der Waals surface area contributed by atoms with Crippen molar-refractivity contribution in [2.24, 2.45) is 0 Å². The van der Waals surface area contributed by atoms with Gasteiger partial charge in [0.05, 0.1) is 6.26 Å². The standard InChI is InChI=1S/C10H8N2O3S/c1-6(13)7-5-16-10(11-7)12-9(14)8-3-2-4-15-8/h2-5H,1H3,(H,11,12,14). The zero-order valence-electron chi connectivity index (χ0n) is 8.39. The Morgan fingerprint density at radius 3 is 2.88 bits per heavy atom. The number of anilines is 1. The molecule has 2 heterocycles. The van der Waals surface area contributed by atoms with Gasteiger partial charge in [-0.15, -0.1) is 11.3 Å². The molecule has 1 amide bonds. The van der Waals surface area contributed by atoms with Crippen molar-refractivity contribution in [1.82, 2.24) is 4.98 Å². The maximum Gasteiger partial charge on any atom is 0.293 e. The van der Waals surface area contributed by atoms with Gasteiger partial charge >= 0.3 is 0 Å². The zero-order chi connectivity index (χ0) is 11.5. The van der Waals surface area contributed by atoms with Gasteiger partial charge in [-0.05, 0) is 12.1 Å². The van der Waals surface area contributed by atoms with Crippen molar-refractivity contribution in [3.8, 4) is 0 Å². The van der Waals surface area contributed by atoms with E-state index < -0.39 is 0 Å². The predicted octanol–water partition coefficient (Wildman–Crippen LogP) is 2.19. The Hall–Kier alpha value is -1.95. The fourth-order valence-electron chi connectivity index (χ4n) is 1.06. The van der Waals surface area contributed by atoms with Gasteiger partial charge in [-0.25, -0.2) is 4.98 Å². The highest BCUT2D eigenvalue weighted by Crippen LogP contribution is 2.16. The van der Waals surface area contributed by atoms with Crippen molar-refractivity contribution in [2.45, 2.75) is 6.92 Å². The van der Waals surface area contributed by atoms with Gasteiger partial charge < -0.3 is 4.42 Å². The van der Waals surface area contributed by atoms with Crippen LogP contribution in [0.25, 0.3) is 0 Å². The minimum absolute atomic E-state index is 0.130. The van der Waals surface area contributed by atoms with Crippen LogP contribution in [0.3, 0.4) is 0 Å². The lowest BCUT2D eigenvalue weighted by Gasteiger charge is -1.96. The summed E-state index contributed by atoms with van der Waals surface area (Å²) in [5.74, 6) is -0.302. The van der Waals surface area contributed by atoms with Crippen molar-refractivity contribution in [3.05, 3.63) is 35.2 Å². The van der Waals surface area contributed by atoms with E-state index in [9.17, 15) is 9.59 Å². The first-order valence-electron chi connectivity index (χ1n) is 4.48. The molecule has 2 aromatic rings. The van der Waals surface area contributed by atoms with Crippen molar-refractivity contribution in [2.75, 3.05) is 5.32 Å². The first kappa shape index (κ1) is 10.6. The summed E-state index contributed by atoms with van der Waals surface area (Å²) in [5, 5.41) is 4.52. The van der Waals surface area contributed by atoms with E-state index in [4.69, 9.17) is 4.42 Å². The number of carbonyl (C=O) groups excluding carboxylic acids is 2. The van der Waals surface area contributed by atoms with Crippen LogP contribution in [0.4, 0.5) is 5.13 Å². The number of furan rings is 1. The molecule has 0 saturated carbocycles. The maximum atomic E-state index is 11.5. The summed E-state index contributed by atoms with van der Waals surface area (Å²) < 4.78 is 4.92. The van der Waals surface area contributed by atoms with Gasteiger partial charge in [0.25, 0.3) is 5.91 Å². The van der Waals surface area contributed by atoms with Gasteiger partial charge in [0.2, 0.25) is 0 Å². The van der Waals surface area contributed by atoms with E-state index in [0.29, 0.717) is 10.8 Å². The SMILES string of the molecule is CC(=O)c1csc(NC(=O)c2ccco2)n1. The molecule has 0 unspecified atom stereocenters. The second-order valence-electron chi connectivity index (χ2n) is 3.03. The lowest BCUT2D eigenvalue weighted by molar-refractivity contribution is 0.0990. The number of nitrogens with zero attached hydrogens (tertiary/aromatic N) is 1. The van der Waals surface area contributed by atoms with Crippen LogP contribution in [-0.2, 0) is 0 Å². The smallest absolute Gasteiger partial charge is 0.293 e. The summed E-state index contributed by atoms with van der Waals surface area (Å²) in [6.45, 7) is 1.42. The van der Waals surface area contributed by atoms with Gasteiger partial charge in [-0.2, -0.15) is 0 Å². The Labute approximate surface area is 95.1 Å². The molecule has 6 heteroatoms. The molecule has 2 rings (SSSR count). The summed E-state index contributed by atoms with van der Waals surface area (Å²) in [6.07, 6.45) is 1.41. The number of rotatable bonds is 3.